The number of alkyl halides is 3. The van der Waals surface area contributed by atoms with Crippen LogP contribution in [0.2, 0.25) is 0 Å². The maximum Gasteiger partial charge on any atom is 0.573 e. The molecule has 1 atom stereocenters. The summed E-state index contributed by atoms with van der Waals surface area (Å²) < 4.78 is 44.6. The minimum Gasteiger partial charge on any atom is -0.479 e. The number of amides is 1. The molecule has 0 spiro atoms. The number of aliphatic carboxylic acids is 1. The van der Waals surface area contributed by atoms with Gasteiger partial charge in [0.15, 0.2) is 6.10 Å². The van der Waals surface area contributed by atoms with Crippen molar-refractivity contribution < 1.29 is 37.3 Å². The van der Waals surface area contributed by atoms with Gasteiger partial charge in [-0.2, -0.15) is 0 Å². The van der Waals surface area contributed by atoms with Crippen molar-refractivity contribution in [1.29, 1.82) is 0 Å². The van der Waals surface area contributed by atoms with Crippen LogP contribution in [-0.4, -0.2) is 43.1 Å². The summed E-state index contributed by atoms with van der Waals surface area (Å²) in [6, 6.07) is 4.96. The third kappa shape index (κ3) is 6.44. The van der Waals surface area contributed by atoms with Gasteiger partial charge in [-0.3, -0.25) is 4.79 Å². The predicted molar refractivity (Wildman–Crippen MR) is 68.3 cm³/mol. The quantitative estimate of drug-likeness (QED) is 0.792. The van der Waals surface area contributed by atoms with Crippen molar-refractivity contribution in [1.82, 2.24) is 5.32 Å². The van der Waals surface area contributed by atoms with E-state index in [9.17, 15) is 22.8 Å². The summed E-state index contributed by atoms with van der Waals surface area (Å²) in [5.74, 6) is -2.21. The molecule has 9 heteroatoms. The molecule has 1 amide bonds. The predicted octanol–water partition coefficient (Wildman–Crippen LogP) is 1.34. The molecule has 2 N–H and O–H groups in total. The van der Waals surface area contributed by atoms with Crippen LogP contribution < -0.4 is 10.1 Å². The van der Waals surface area contributed by atoms with E-state index in [0.717, 1.165) is 12.1 Å². The van der Waals surface area contributed by atoms with Gasteiger partial charge in [0.1, 0.15) is 5.75 Å². The largest absolute Gasteiger partial charge is 0.573 e. The van der Waals surface area contributed by atoms with Gasteiger partial charge < -0.3 is 19.9 Å². The second-order valence-corrected chi connectivity index (χ2v) is 4.24. The van der Waals surface area contributed by atoms with E-state index in [1.54, 1.807) is 0 Å². The van der Waals surface area contributed by atoms with Crippen LogP contribution in [0.15, 0.2) is 24.3 Å². The number of hydrogen-bond acceptors (Lipinski definition) is 4. The zero-order valence-corrected chi connectivity index (χ0v) is 11.5. The van der Waals surface area contributed by atoms with E-state index in [-0.39, 0.29) is 13.0 Å². The Balaban J connectivity index is 2.57. The normalized spacial score (nSPS) is 12.5. The van der Waals surface area contributed by atoms with Gasteiger partial charge in [0.05, 0.1) is 13.0 Å². The monoisotopic (exact) mass is 321 g/mol. The number of carboxylic acid groups (broad SMARTS) is 1. The van der Waals surface area contributed by atoms with Crippen LogP contribution in [0, 0.1) is 0 Å². The first-order valence-corrected chi connectivity index (χ1v) is 6.08. The first-order chi connectivity index (χ1) is 10.2. The number of benzene rings is 1. The van der Waals surface area contributed by atoms with Crippen molar-refractivity contribution in [3.8, 4) is 5.75 Å². The summed E-state index contributed by atoms with van der Waals surface area (Å²) >= 11 is 0. The zero-order valence-electron chi connectivity index (χ0n) is 11.5. The smallest absolute Gasteiger partial charge is 0.479 e. The number of methoxy groups -OCH3 is 1. The summed E-state index contributed by atoms with van der Waals surface area (Å²) in [5, 5.41) is 11.0. The lowest BCUT2D eigenvalue weighted by atomic mass is 10.1. The molecular formula is C13H14F3NO5. The highest BCUT2D eigenvalue weighted by atomic mass is 19.4. The summed E-state index contributed by atoms with van der Waals surface area (Å²) in [6.45, 7) is -0.247. The number of carbonyl (C=O) groups is 2. The molecule has 0 heterocycles. The van der Waals surface area contributed by atoms with Crippen molar-refractivity contribution in [3.63, 3.8) is 0 Å². The average Bonchev–Trinajstić information content (AvgIpc) is 2.37. The number of rotatable bonds is 7. The molecule has 0 aliphatic rings. The molecule has 122 valence electrons. The van der Waals surface area contributed by atoms with Gasteiger partial charge in [0.2, 0.25) is 5.91 Å². The molecule has 0 fully saturated rings. The van der Waals surface area contributed by atoms with Crippen molar-refractivity contribution in [3.05, 3.63) is 29.8 Å². The van der Waals surface area contributed by atoms with E-state index in [1.807, 2.05) is 0 Å². The topological polar surface area (TPSA) is 84.9 Å². The van der Waals surface area contributed by atoms with Crippen molar-refractivity contribution in [2.75, 3.05) is 13.7 Å². The number of hydrogen-bond donors (Lipinski definition) is 2. The molecule has 0 saturated heterocycles. The highest BCUT2D eigenvalue weighted by molar-refractivity contribution is 5.80. The van der Waals surface area contributed by atoms with Crippen molar-refractivity contribution >= 4 is 11.9 Å². The zero-order chi connectivity index (χ0) is 16.8. The molecule has 1 aromatic rings. The highest BCUT2D eigenvalue weighted by Gasteiger charge is 2.31. The van der Waals surface area contributed by atoms with Crippen LogP contribution in [0.3, 0.4) is 0 Å². The molecular weight excluding hydrogens is 307 g/mol. The SMILES string of the molecule is COC(CNC(=O)Cc1cccc(OC(F)(F)F)c1)C(=O)O. The maximum absolute atomic E-state index is 12.1. The minimum atomic E-state index is -4.81. The molecule has 0 aliphatic carbocycles. The first-order valence-electron chi connectivity index (χ1n) is 6.08. The van der Waals surface area contributed by atoms with E-state index in [4.69, 9.17) is 5.11 Å². The fraction of sp³-hybridized carbons (Fsp3) is 0.385. The molecule has 0 bridgehead atoms. The number of ether oxygens (including phenoxy) is 2. The van der Waals surface area contributed by atoms with Crippen LogP contribution in [0.5, 0.6) is 5.75 Å². The summed E-state index contributed by atoms with van der Waals surface area (Å²) in [6.07, 6.45) is -6.22. The van der Waals surface area contributed by atoms with Gasteiger partial charge in [0, 0.05) is 7.11 Å². The molecule has 1 rings (SSSR count). The molecule has 6 nitrogen and oxygen atoms in total. The van der Waals surface area contributed by atoms with Crippen LogP contribution in [-0.2, 0) is 20.7 Å². The fourth-order valence-electron chi connectivity index (χ4n) is 1.58. The Labute approximate surface area is 123 Å². The molecule has 1 unspecified atom stereocenters. The number of carboxylic acids is 1. The molecule has 0 saturated carbocycles. The molecule has 22 heavy (non-hydrogen) atoms. The van der Waals surface area contributed by atoms with E-state index >= 15 is 0 Å². The minimum absolute atomic E-state index is 0.217. The Morgan fingerprint density at radius 3 is 2.59 bits per heavy atom. The number of carbonyl (C=O) groups excluding carboxylic acids is 1. The van der Waals surface area contributed by atoms with Gasteiger partial charge in [-0.15, -0.1) is 13.2 Å². The molecule has 0 radical (unpaired) electrons. The van der Waals surface area contributed by atoms with Crippen LogP contribution in [0.4, 0.5) is 13.2 Å². The van der Waals surface area contributed by atoms with E-state index < -0.39 is 30.1 Å². The fourth-order valence-corrected chi connectivity index (χ4v) is 1.58. The highest BCUT2D eigenvalue weighted by Crippen LogP contribution is 2.23. The standard InChI is InChI=1S/C13H14F3NO5/c1-21-10(12(19)20)7-17-11(18)6-8-3-2-4-9(5-8)22-13(14,15)16/h2-5,10H,6-7H2,1H3,(H,17,18)(H,19,20). The second kappa shape index (κ2) is 7.64. The lowest BCUT2D eigenvalue weighted by Gasteiger charge is -2.12. The molecule has 1 aromatic carbocycles. The Kier molecular flexibility index (Phi) is 6.17. The van der Waals surface area contributed by atoms with Crippen LogP contribution in [0.25, 0.3) is 0 Å². The summed E-state index contributed by atoms with van der Waals surface area (Å²) in [4.78, 5) is 22.3. The number of halogens is 3. The maximum atomic E-state index is 12.1. The van der Waals surface area contributed by atoms with Gasteiger partial charge in [-0.05, 0) is 17.7 Å². The Morgan fingerprint density at radius 2 is 2.05 bits per heavy atom. The van der Waals surface area contributed by atoms with Gasteiger partial charge in [0.25, 0.3) is 0 Å². The van der Waals surface area contributed by atoms with Crippen LogP contribution >= 0.6 is 0 Å². The third-order valence-corrected chi connectivity index (χ3v) is 2.54. The molecule has 0 aromatic heterocycles. The summed E-state index contributed by atoms with van der Waals surface area (Å²) in [7, 11) is 1.18. The van der Waals surface area contributed by atoms with E-state index in [0.29, 0.717) is 5.56 Å². The lowest BCUT2D eigenvalue weighted by molar-refractivity contribution is -0.274. The van der Waals surface area contributed by atoms with Gasteiger partial charge in [-0.1, -0.05) is 12.1 Å². The van der Waals surface area contributed by atoms with E-state index in [1.165, 1.54) is 19.2 Å². The van der Waals surface area contributed by atoms with Crippen LogP contribution in [0.1, 0.15) is 5.56 Å². The number of nitrogens with one attached hydrogen (secondary N) is 1. The lowest BCUT2D eigenvalue weighted by Crippen LogP contribution is -2.38. The second-order valence-electron chi connectivity index (χ2n) is 4.24. The average molecular weight is 321 g/mol. The summed E-state index contributed by atoms with van der Waals surface area (Å²) in [5.41, 5.74) is 0.295. The Hall–Kier alpha value is -2.29. The first kappa shape index (κ1) is 17.8. The van der Waals surface area contributed by atoms with Crippen molar-refractivity contribution in [2.24, 2.45) is 0 Å². The Morgan fingerprint density at radius 1 is 1.36 bits per heavy atom. The van der Waals surface area contributed by atoms with Gasteiger partial charge in [-0.25, -0.2) is 4.79 Å². The van der Waals surface area contributed by atoms with Crippen molar-refractivity contribution in [2.45, 2.75) is 18.9 Å². The van der Waals surface area contributed by atoms with E-state index in [2.05, 4.69) is 14.8 Å². The van der Waals surface area contributed by atoms with Gasteiger partial charge >= 0.3 is 12.3 Å². The molecule has 0 aliphatic heterocycles. The Bertz CT molecular complexity index is 533. The third-order valence-electron chi connectivity index (χ3n) is 2.54.